The first-order chi connectivity index (χ1) is 15.9. The van der Waals surface area contributed by atoms with Gasteiger partial charge in [0.1, 0.15) is 17.3 Å². The summed E-state index contributed by atoms with van der Waals surface area (Å²) in [7, 11) is 1.47. The van der Waals surface area contributed by atoms with Crippen molar-refractivity contribution in [2.45, 2.75) is 26.3 Å². The molecule has 2 amide bonds. The number of hydrogen-bond donors (Lipinski definition) is 4. The Morgan fingerprint density at radius 1 is 1.21 bits per heavy atom. The molecule has 0 radical (unpaired) electrons. The lowest BCUT2D eigenvalue weighted by Gasteiger charge is -2.15. The van der Waals surface area contributed by atoms with Crippen LogP contribution in [0.4, 0.5) is 0 Å². The maximum absolute atomic E-state index is 12.6. The number of pyridine rings is 1. The summed E-state index contributed by atoms with van der Waals surface area (Å²) in [6.07, 6.45) is 2.47. The third-order valence-electron chi connectivity index (χ3n) is 5.07. The number of aromatic nitrogens is 1. The number of methoxy groups -OCH3 is 1. The fraction of sp³-hybridized carbons (Fsp3) is 0.304. The Bertz CT molecular complexity index is 1080. The molecule has 1 atom stereocenters. The molecule has 10 heteroatoms. The molecular weight excluding hydrogens is 422 g/mol. The van der Waals surface area contributed by atoms with E-state index < -0.39 is 11.9 Å². The van der Waals surface area contributed by atoms with Gasteiger partial charge in [0, 0.05) is 18.4 Å². The highest BCUT2D eigenvalue weighted by atomic mass is 16.5. The quantitative estimate of drug-likeness (QED) is 0.450. The predicted octanol–water partition coefficient (Wildman–Crippen LogP) is 1.24. The van der Waals surface area contributed by atoms with Crippen LogP contribution in [0, 0.1) is 18.3 Å². The zero-order valence-corrected chi connectivity index (χ0v) is 18.8. The Morgan fingerprint density at radius 3 is 2.64 bits per heavy atom. The van der Waals surface area contributed by atoms with Crippen molar-refractivity contribution in [3.8, 4) is 11.9 Å². The summed E-state index contributed by atoms with van der Waals surface area (Å²) in [6.45, 7) is 4.56. The van der Waals surface area contributed by atoms with Gasteiger partial charge in [0.15, 0.2) is 0 Å². The number of hydrogen-bond acceptors (Lipinski definition) is 8. The number of hydrazine groups is 2. The van der Waals surface area contributed by atoms with Crippen LogP contribution in [-0.4, -0.2) is 42.0 Å². The van der Waals surface area contributed by atoms with Gasteiger partial charge in [-0.1, -0.05) is 31.2 Å². The number of carbonyl (C=O) groups is 2. The van der Waals surface area contributed by atoms with Crippen molar-refractivity contribution in [2.75, 3.05) is 20.2 Å². The van der Waals surface area contributed by atoms with Crippen LogP contribution in [0.5, 0.6) is 5.88 Å². The first-order valence-electron chi connectivity index (χ1n) is 10.5. The first kappa shape index (κ1) is 23.6. The summed E-state index contributed by atoms with van der Waals surface area (Å²) >= 11 is 0. The first-order valence-corrected chi connectivity index (χ1v) is 10.5. The molecule has 1 aromatic heterocycles. The van der Waals surface area contributed by atoms with Crippen molar-refractivity contribution in [3.63, 3.8) is 0 Å². The summed E-state index contributed by atoms with van der Waals surface area (Å²) in [5.74, 6) is -0.460. The van der Waals surface area contributed by atoms with Crippen LogP contribution < -0.4 is 26.3 Å². The average molecular weight is 450 g/mol. The van der Waals surface area contributed by atoms with Crippen molar-refractivity contribution >= 4 is 11.8 Å². The van der Waals surface area contributed by atoms with E-state index in [-0.39, 0.29) is 17.5 Å². The minimum absolute atomic E-state index is 0.260. The van der Waals surface area contributed by atoms with Crippen molar-refractivity contribution in [3.05, 3.63) is 70.7 Å². The van der Waals surface area contributed by atoms with Crippen molar-refractivity contribution in [1.29, 1.82) is 5.26 Å². The SMILES string of the molecule is CCc1ccc(C(C#N)NC(=O)C2=CN(CCNC(=O)c3ccc(C)nc3OC)NN2)cc1. The Morgan fingerprint density at radius 2 is 1.97 bits per heavy atom. The summed E-state index contributed by atoms with van der Waals surface area (Å²) in [5.41, 5.74) is 8.85. The number of benzene rings is 1. The Hall–Kier alpha value is -4.10. The van der Waals surface area contributed by atoms with Crippen molar-refractivity contribution in [2.24, 2.45) is 0 Å². The second kappa shape index (κ2) is 11.0. The Kier molecular flexibility index (Phi) is 7.83. The molecule has 4 N–H and O–H groups in total. The number of aryl methyl sites for hydroxylation is 2. The highest BCUT2D eigenvalue weighted by molar-refractivity contribution is 5.96. The summed E-state index contributed by atoms with van der Waals surface area (Å²) in [5, 5.41) is 16.6. The largest absolute Gasteiger partial charge is 0.480 e. The summed E-state index contributed by atoms with van der Waals surface area (Å²) < 4.78 is 5.17. The molecule has 0 bridgehead atoms. The molecular formula is C23H27N7O3. The van der Waals surface area contributed by atoms with Gasteiger partial charge in [0.2, 0.25) is 5.88 Å². The number of nitrogens with one attached hydrogen (secondary N) is 4. The van der Waals surface area contributed by atoms with Crippen LogP contribution in [0.15, 0.2) is 48.3 Å². The van der Waals surface area contributed by atoms with E-state index in [1.807, 2.05) is 31.2 Å². The van der Waals surface area contributed by atoms with E-state index in [2.05, 4.69) is 39.6 Å². The van der Waals surface area contributed by atoms with E-state index in [1.54, 1.807) is 23.3 Å². The van der Waals surface area contributed by atoms with Crippen LogP contribution in [-0.2, 0) is 11.2 Å². The van der Waals surface area contributed by atoms with Crippen LogP contribution in [0.25, 0.3) is 0 Å². The number of amides is 2. The zero-order valence-electron chi connectivity index (χ0n) is 18.8. The molecule has 1 unspecified atom stereocenters. The van der Waals surface area contributed by atoms with Crippen LogP contribution in [0.1, 0.15) is 40.1 Å². The minimum Gasteiger partial charge on any atom is -0.480 e. The standard InChI is InChI=1S/C23H27N7O3/c1-4-16-6-8-17(9-7-16)19(13-24)27-22(32)20-14-30(29-28-20)12-11-25-21(31)18-10-5-15(2)26-23(18)33-3/h5-10,14,19,28-29H,4,11-12H2,1-3H3,(H,25,31)(H,27,32). The lowest BCUT2D eigenvalue weighted by atomic mass is 10.0. The molecule has 3 rings (SSSR count). The molecule has 1 aliphatic rings. The van der Waals surface area contributed by atoms with E-state index >= 15 is 0 Å². The highest BCUT2D eigenvalue weighted by Gasteiger charge is 2.22. The average Bonchev–Trinajstić information content (AvgIpc) is 3.31. The van der Waals surface area contributed by atoms with Gasteiger partial charge in [0.05, 0.1) is 19.7 Å². The molecule has 172 valence electrons. The van der Waals surface area contributed by atoms with Gasteiger partial charge in [-0.05, 0) is 36.6 Å². The molecule has 33 heavy (non-hydrogen) atoms. The fourth-order valence-corrected chi connectivity index (χ4v) is 3.18. The van der Waals surface area contributed by atoms with Gasteiger partial charge in [-0.3, -0.25) is 20.0 Å². The molecule has 2 aromatic rings. The van der Waals surface area contributed by atoms with E-state index in [0.717, 1.165) is 23.2 Å². The molecule has 1 aliphatic heterocycles. The lowest BCUT2D eigenvalue weighted by molar-refractivity contribution is -0.118. The van der Waals surface area contributed by atoms with E-state index in [0.29, 0.717) is 18.7 Å². The second-order valence-corrected chi connectivity index (χ2v) is 7.37. The van der Waals surface area contributed by atoms with E-state index in [9.17, 15) is 14.9 Å². The van der Waals surface area contributed by atoms with Gasteiger partial charge in [-0.25, -0.2) is 4.98 Å². The zero-order chi connectivity index (χ0) is 23.8. The molecule has 0 saturated heterocycles. The molecule has 2 heterocycles. The van der Waals surface area contributed by atoms with Gasteiger partial charge < -0.3 is 15.4 Å². The third kappa shape index (κ3) is 5.99. The fourth-order valence-electron chi connectivity index (χ4n) is 3.18. The van der Waals surface area contributed by atoms with Gasteiger partial charge >= 0.3 is 0 Å². The maximum atomic E-state index is 12.6. The smallest absolute Gasteiger partial charge is 0.271 e. The molecule has 0 spiro atoms. The molecule has 0 saturated carbocycles. The maximum Gasteiger partial charge on any atom is 0.271 e. The van der Waals surface area contributed by atoms with Gasteiger partial charge in [-0.15, -0.1) is 5.53 Å². The number of ether oxygens (including phenoxy) is 1. The molecule has 0 fully saturated rings. The molecule has 1 aromatic carbocycles. The monoisotopic (exact) mass is 449 g/mol. The third-order valence-corrected chi connectivity index (χ3v) is 5.07. The molecule has 0 aliphatic carbocycles. The number of nitrogens with zero attached hydrogens (tertiary/aromatic N) is 3. The Labute approximate surface area is 192 Å². The lowest BCUT2D eigenvalue weighted by Crippen LogP contribution is -2.42. The summed E-state index contributed by atoms with van der Waals surface area (Å²) in [6, 6.07) is 12.3. The van der Waals surface area contributed by atoms with Gasteiger partial charge in [0.25, 0.3) is 11.8 Å². The summed E-state index contributed by atoms with van der Waals surface area (Å²) in [4.78, 5) is 29.2. The van der Waals surface area contributed by atoms with Crippen molar-refractivity contribution < 1.29 is 14.3 Å². The Balaban J connectivity index is 1.51. The van der Waals surface area contributed by atoms with Crippen molar-refractivity contribution in [1.82, 2.24) is 31.6 Å². The topological polar surface area (TPSA) is 131 Å². The number of rotatable bonds is 9. The van der Waals surface area contributed by atoms with E-state index in [4.69, 9.17) is 4.74 Å². The van der Waals surface area contributed by atoms with Gasteiger partial charge in [-0.2, -0.15) is 5.26 Å². The molecule has 10 nitrogen and oxygen atoms in total. The van der Waals surface area contributed by atoms with E-state index in [1.165, 1.54) is 7.11 Å². The number of carbonyl (C=O) groups excluding carboxylic acids is 2. The second-order valence-electron chi connectivity index (χ2n) is 7.37. The predicted molar refractivity (Wildman–Crippen MR) is 121 cm³/mol. The van der Waals surface area contributed by atoms with Crippen LogP contribution in [0.3, 0.4) is 0 Å². The minimum atomic E-state index is -0.766. The number of nitriles is 1. The van der Waals surface area contributed by atoms with Crippen LogP contribution >= 0.6 is 0 Å². The highest BCUT2D eigenvalue weighted by Crippen LogP contribution is 2.16. The van der Waals surface area contributed by atoms with Crippen LogP contribution in [0.2, 0.25) is 0 Å². The normalized spacial score (nSPS) is 13.4.